The van der Waals surface area contributed by atoms with Gasteiger partial charge >= 0.3 is 0 Å². The van der Waals surface area contributed by atoms with Gasteiger partial charge in [0.2, 0.25) is 0 Å². The van der Waals surface area contributed by atoms with Gasteiger partial charge in [0, 0.05) is 5.56 Å². The van der Waals surface area contributed by atoms with Gasteiger partial charge in [-0.25, -0.2) is 13.2 Å². The van der Waals surface area contributed by atoms with E-state index in [0.29, 0.717) is 6.07 Å². The number of ketones is 1. The summed E-state index contributed by atoms with van der Waals surface area (Å²) in [5, 5.41) is 0. The molecule has 1 aromatic carbocycles. The summed E-state index contributed by atoms with van der Waals surface area (Å²) in [6.45, 7) is 1.09. The molecule has 70 valence electrons. The fraction of sp³-hybridized carbons (Fsp3) is 0.125. The normalized spacial score (nSPS) is 10.2. The number of rotatable bonds is 1. The third-order valence-corrected chi connectivity index (χ3v) is 1.58. The molecule has 1 aromatic rings. The van der Waals surface area contributed by atoms with E-state index >= 15 is 0 Å². The lowest BCUT2D eigenvalue weighted by Gasteiger charge is -2.04. The molecule has 0 unspecified atom stereocenters. The molecule has 0 bridgehead atoms. The monoisotopic (exact) mass is 189 g/mol. The van der Waals surface area contributed by atoms with Crippen LogP contribution in [-0.4, -0.2) is 5.78 Å². The highest BCUT2D eigenvalue weighted by atomic mass is 19.2. The minimum Gasteiger partial charge on any atom is -0.396 e. The Labute approximate surface area is 72.2 Å². The number of benzene rings is 1. The maximum absolute atomic E-state index is 12.7. The predicted octanol–water partition coefficient (Wildman–Crippen LogP) is 1.89. The van der Waals surface area contributed by atoms with E-state index in [9.17, 15) is 18.0 Å². The van der Waals surface area contributed by atoms with Gasteiger partial charge in [-0.05, 0) is 13.0 Å². The second-order valence-corrected chi connectivity index (χ2v) is 2.50. The van der Waals surface area contributed by atoms with Crippen molar-refractivity contribution in [1.82, 2.24) is 0 Å². The van der Waals surface area contributed by atoms with Gasteiger partial charge in [0.1, 0.15) is 0 Å². The summed E-state index contributed by atoms with van der Waals surface area (Å²) in [6.07, 6.45) is 0. The smallest absolute Gasteiger partial charge is 0.196 e. The van der Waals surface area contributed by atoms with Crippen LogP contribution in [0.15, 0.2) is 6.07 Å². The standard InChI is InChI=1S/C8H6F3NO/c1-3(13)4-2-5(9)6(10)7(11)8(4)12/h2H,12H2,1H3. The van der Waals surface area contributed by atoms with Crippen molar-refractivity contribution in [3.8, 4) is 0 Å². The Hall–Kier alpha value is -1.52. The topological polar surface area (TPSA) is 43.1 Å². The van der Waals surface area contributed by atoms with Crippen molar-refractivity contribution in [1.29, 1.82) is 0 Å². The van der Waals surface area contributed by atoms with Crippen LogP contribution in [0.25, 0.3) is 0 Å². The van der Waals surface area contributed by atoms with Crippen LogP contribution in [0, 0.1) is 17.5 Å². The molecule has 0 heterocycles. The predicted molar refractivity (Wildman–Crippen MR) is 40.7 cm³/mol. The Kier molecular flexibility index (Phi) is 2.27. The third-order valence-electron chi connectivity index (χ3n) is 1.58. The van der Waals surface area contributed by atoms with E-state index in [1.807, 2.05) is 0 Å². The average molecular weight is 189 g/mol. The molecule has 0 saturated carbocycles. The van der Waals surface area contributed by atoms with E-state index < -0.39 is 28.9 Å². The highest BCUT2D eigenvalue weighted by Gasteiger charge is 2.18. The van der Waals surface area contributed by atoms with Crippen LogP contribution < -0.4 is 5.73 Å². The molecular formula is C8H6F3NO. The molecule has 0 fully saturated rings. The maximum Gasteiger partial charge on any atom is 0.196 e. The van der Waals surface area contributed by atoms with Crippen molar-refractivity contribution in [3.63, 3.8) is 0 Å². The zero-order valence-corrected chi connectivity index (χ0v) is 6.70. The Morgan fingerprint density at radius 3 is 2.31 bits per heavy atom. The molecular weight excluding hydrogens is 183 g/mol. The molecule has 2 nitrogen and oxygen atoms in total. The molecule has 13 heavy (non-hydrogen) atoms. The van der Waals surface area contributed by atoms with Crippen LogP contribution in [0.3, 0.4) is 0 Å². The number of hydrogen-bond donors (Lipinski definition) is 1. The molecule has 2 N–H and O–H groups in total. The Balaban J connectivity index is 3.50. The van der Waals surface area contributed by atoms with Crippen molar-refractivity contribution in [2.45, 2.75) is 6.92 Å². The summed E-state index contributed by atoms with van der Waals surface area (Å²) in [5.74, 6) is -5.22. The molecule has 0 aliphatic carbocycles. The lowest BCUT2D eigenvalue weighted by atomic mass is 10.1. The van der Waals surface area contributed by atoms with Gasteiger partial charge in [-0.15, -0.1) is 0 Å². The minimum atomic E-state index is -1.66. The number of anilines is 1. The molecule has 0 radical (unpaired) electrons. The lowest BCUT2D eigenvalue weighted by molar-refractivity contribution is 0.101. The zero-order chi connectivity index (χ0) is 10.2. The fourth-order valence-electron chi connectivity index (χ4n) is 0.900. The quantitative estimate of drug-likeness (QED) is 0.416. The number of carbonyl (C=O) groups excluding carboxylic acids is 1. The molecule has 0 amide bonds. The summed E-state index contributed by atoms with van der Waals surface area (Å²) in [6, 6.07) is 0.579. The Morgan fingerprint density at radius 1 is 1.31 bits per heavy atom. The fourth-order valence-corrected chi connectivity index (χ4v) is 0.900. The molecule has 0 spiro atoms. The van der Waals surface area contributed by atoms with Crippen molar-refractivity contribution in [3.05, 3.63) is 29.1 Å². The van der Waals surface area contributed by atoms with E-state index in [4.69, 9.17) is 5.73 Å². The largest absolute Gasteiger partial charge is 0.396 e. The first kappa shape index (κ1) is 9.57. The number of halogens is 3. The summed E-state index contributed by atoms with van der Waals surface area (Å²) in [7, 11) is 0. The van der Waals surface area contributed by atoms with Gasteiger partial charge in [0.25, 0.3) is 0 Å². The van der Waals surface area contributed by atoms with Gasteiger partial charge in [0.05, 0.1) is 5.69 Å². The zero-order valence-electron chi connectivity index (χ0n) is 6.70. The van der Waals surface area contributed by atoms with Gasteiger partial charge in [-0.3, -0.25) is 4.79 Å². The van der Waals surface area contributed by atoms with Gasteiger partial charge in [-0.2, -0.15) is 0 Å². The molecule has 0 saturated heterocycles. The SMILES string of the molecule is CC(=O)c1cc(F)c(F)c(F)c1N. The summed E-state index contributed by atoms with van der Waals surface area (Å²) in [4.78, 5) is 10.7. The molecule has 1 rings (SSSR count). The molecule has 0 aliphatic rings. The van der Waals surface area contributed by atoms with Crippen LogP contribution >= 0.6 is 0 Å². The van der Waals surface area contributed by atoms with Crippen molar-refractivity contribution in [2.24, 2.45) is 0 Å². The number of Topliss-reactive ketones (excluding diaryl/α,β-unsaturated/α-hetero) is 1. The van der Waals surface area contributed by atoms with Crippen LogP contribution in [0.5, 0.6) is 0 Å². The van der Waals surface area contributed by atoms with Gasteiger partial charge < -0.3 is 5.73 Å². The van der Waals surface area contributed by atoms with Crippen molar-refractivity contribution >= 4 is 11.5 Å². The molecule has 0 aromatic heterocycles. The van der Waals surface area contributed by atoms with Gasteiger partial charge in [0.15, 0.2) is 23.2 Å². The number of nitrogens with two attached hydrogens (primary N) is 1. The molecule has 5 heteroatoms. The van der Waals surface area contributed by atoms with Crippen LogP contribution in [0.4, 0.5) is 18.9 Å². The van der Waals surface area contributed by atoms with Crippen LogP contribution in [0.2, 0.25) is 0 Å². The maximum atomic E-state index is 12.7. The Morgan fingerprint density at radius 2 is 1.85 bits per heavy atom. The lowest BCUT2D eigenvalue weighted by Crippen LogP contribution is -2.06. The van der Waals surface area contributed by atoms with Crippen LogP contribution in [-0.2, 0) is 0 Å². The summed E-state index contributed by atoms with van der Waals surface area (Å²) >= 11 is 0. The van der Waals surface area contributed by atoms with E-state index in [1.54, 1.807) is 0 Å². The van der Waals surface area contributed by atoms with E-state index in [-0.39, 0.29) is 5.56 Å². The highest BCUT2D eigenvalue weighted by Crippen LogP contribution is 2.22. The van der Waals surface area contributed by atoms with Crippen molar-refractivity contribution < 1.29 is 18.0 Å². The minimum absolute atomic E-state index is 0.351. The number of hydrogen-bond acceptors (Lipinski definition) is 2. The number of nitrogen functional groups attached to an aromatic ring is 1. The second-order valence-electron chi connectivity index (χ2n) is 2.50. The van der Waals surface area contributed by atoms with E-state index in [2.05, 4.69) is 0 Å². The average Bonchev–Trinajstić information content (AvgIpc) is 2.07. The first-order valence-electron chi connectivity index (χ1n) is 3.39. The third kappa shape index (κ3) is 1.49. The first-order valence-corrected chi connectivity index (χ1v) is 3.39. The first-order chi connectivity index (χ1) is 5.95. The van der Waals surface area contributed by atoms with E-state index in [0.717, 1.165) is 6.92 Å². The molecule has 0 aliphatic heterocycles. The summed E-state index contributed by atoms with van der Waals surface area (Å²) in [5.41, 5.74) is 4.04. The Bertz CT molecular complexity index is 376. The van der Waals surface area contributed by atoms with Crippen molar-refractivity contribution in [2.75, 3.05) is 5.73 Å². The highest BCUT2D eigenvalue weighted by molar-refractivity contribution is 5.99. The second kappa shape index (κ2) is 3.08. The van der Waals surface area contributed by atoms with E-state index in [1.165, 1.54) is 0 Å². The summed E-state index contributed by atoms with van der Waals surface area (Å²) < 4.78 is 37.8. The number of carbonyl (C=O) groups is 1. The van der Waals surface area contributed by atoms with Crippen LogP contribution in [0.1, 0.15) is 17.3 Å². The van der Waals surface area contributed by atoms with Gasteiger partial charge in [-0.1, -0.05) is 0 Å². The molecule has 0 atom stereocenters.